The summed E-state index contributed by atoms with van der Waals surface area (Å²) < 4.78 is 5.22. The molecule has 1 atom stereocenters. The molecule has 0 amide bonds. The number of benzene rings is 1. The standard InChI is InChI=1S/C27H42O4.C4H6O2/c1-4-5-6-7-22-8-12-24(13-9-22)25-14-10-23(11-15-25)16-17-27(3,19-29)20-31-26(30)21(2)18-28;1-4(2-5)3-6/h10-11,14-15,22,24,28-29H,2,4-9,12-13,16-20H2,1,3H3;2,6H,1,3H2. The average molecular weight is 517 g/mol. The minimum atomic E-state index is -0.605. The lowest BCUT2D eigenvalue weighted by atomic mass is 9.77. The van der Waals surface area contributed by atoms with Crippen LogP contribution in [0.4, 0.5) is 0 Å². The summed E-state index contributed by atoms with van der Waals surface area (Å²) in [6, 6.07) is 8.97. The van der Waals surface area contributed by atoms with Crippen LogP contribution in [0.2, 0.25) is 0 Å². The van der Waals surface area contributed by atoms with Gasteiger partial charge in [-0.1, -0.05) is 77.0 Å². The average Bonchev–Trinajstić information content (AvgIpc) is 2.95. The molecule has 1 aliphatic carbocycles. The maximum absolute atomic E-state index is 11.7. The topological polar surface area (TPSA) is 104 Å². The van der Waals surface area contributed by atoms with Crippen LogP contribution in [-0.4, -0.2) is 54.0 Å². The Kier molecular flexibility index (Phi) is 16.0. The van der Waals surface area contributed by atoms with E-state index >= 15 is 0 Å². The van der Waals surface area contributed by atoms with Gasteiger partial charge in [-0.2, -0.15) is 0 Å². The number of rotatable bonds is 15. The number of esters is 1. The maximum atomic E-state index is 11.7. The van der Waals surface area contributed by atoms with Crippen molar-refractivity contribution in [2.24, 2.45) is 11.3 Å². The first-order valence-corrected chi connectivity index (χ1v) is 13.6. The van der Waals surface area contributed by atoms with Crippen LogP contribution in [0.25, 0.3) is 0 Å². The summed E-state index contributed by atoms with van der Waals surface area (Å²) in [5.74, 6) is 1.02. The summed E-state index contributed by atoms with van der Waals surface area (Å²) in [6.45, 7) is 10.2. The fourth-order valence-corrected chi connectivity index (χ4v) is 4.51. The van der Waals surface area contributed by atoms with Gasteiger partial charge in [0.25, 0.3) is 0 Å². The largest absolute Gasteiger partial charge is 0.462 e. The fraction of sp³-hybridized carbons (Fsp3) is 0.613. The Morgan fingerprint density at radius 3 is 2.19 bits per heavy atom. The first-order chi connectivity index (χ1) is 17.7. The molecule has 1 saturated carbocycles. The van der Waals surface area contributed by atoms with Gasteiger partial charge < -0.3 is 20.1 Å². The molecule has 0 saturated heterocycles. The van der Waals surface area contributed by atoms with Gasteiger partial charge in [-0.05, 0) is 61.5 Å². The van der Waals surface area contributed by atoms with E-state index in [1.165, 1.54) is 62.5 Å². The van der Waals surface area contributed by atoms with Gasteiger partial charge in [0, 0.05) is 11.0 Å². The van der Waals surface area contributed by atoms with Gasteiger partial charge in [0.1, 0.15) is 6.29 Å². The molecule has 6 heteroatoms. The molecule has 1 unspecified atom stereocenters. The van der Waals surface area contributed by atoms with E-state index in [1.54, 1.807) is 0 Å². The molecule has 0 heterocycles. The van der Waals surface area contributed by atoms with Gasteiger partial charge >= 0.3 is 5.97 Å². The molecule has 3 N–H and O–H groups in total. The van der Waals surface area contributed by atoms with Gasteiger partial charge in [-0.3, -0.25) is 4.79 Å². The zero-order chi connectivity index (χ0) is 27.7. The van der Waals surface area contributed by atoms with Gasteiger partial charge in [0.05, 0.1) is 32.0 Å². The lowest BCUT2D eigenvalue weighted by Crippen LogP contribution is -2.30. The number of hydrogen-bond acceptors (Lipinski definition) is 6. The molecule has 0 spiro atoms. The van der Waals surface area contributed by atoms with Gasteiger partial charge in [0.2, 0.25) is 0 Å². The van der Waals surface area contributed by atoms with Crippen molar-refractivity contribution in [3.8, 4) is 0 Å². The Morgan fingerprint density at radius 1 is 1.05 bits per heavy atom. The predicted molar refractivity (Wildman–Crippen MR) is 148 cm³/mol. The highest BCUT2D eigenvalue weighted by molar-refractivity contribution is 5.87. The molecule has 1 aromatic rings. The molecular formula is C31H48O6. The number of aryl methyl sites for hydroxylation is 1. The molecule has 1 fully saturated rings. The molecule has 6 nitrogen and oxygen atoms in total. The Bertz CT molecular complexity index is 823. The van der Waals surface area contributed by atoms with E-state index in [0.29, 0.717) is 18.6 Å². The van der Waals surface area contributed by atoms with Gasteiger partial charge in [0.15, 0.2) is 0 Å². The number of aliphatic hydroxyl groups is 3. The van der Waals surface area contributed by atoms with Crippen LogP contribution in [0.1, 0.15) is 88.7 Å². The number of unbranched alkanes of at least 4 members (excludes halogenated alkanes) is 2. The van der Waals surface area contributed by atoms with E-state index in [1.807, 2.05) is 6.92 Å². The molecule has 1 aromatic carbocycles. The third-order valence-electron chi connectivity index (χ3n) is 7.31. The van der Waals surface area contributed by atoms with Crippen LogP contribution in [-0.2, 0) is 20.7 Å². The Balaban J connectivity index is 0.00000102. The van der Waals surface area contributed by atoms with Crippen LogP contribution in [0.3, 0.4) is 0 Å². The summed E-state index contributed by atoms with van der Waals surface area (Å²) in [5.41, 5.74) is 2.43. The number of aliphatic hydroxyl groups excluding tert-OH is 3. The maximum Gasteiger partial charge on any atom is 0.335 e. The van der Waals surface area contributed by atoms with E-state index < -0.39 is 18.0 Å². The monoisotopic (exact) mass is 516 g/mol. The number of ether oxygens (including phenoxy) is 1. The minimum absolute atomic E-state index is 0.0332. The SMILES string of the molecule is C=C(C=O)CO.C=C(CO)C(=O)OCC(C)(CO)CCc1ccc(C2CCC(CCCCC)CC2)cc1. The van der Waals surface area contributed by atoms with Crippen LogP contribution in [0.15, 0.2) is 48.6 Å². The summed E-state index contributed by atoms with van der Waals surface area (Å²) in [6.07, 6.45) is 12.9. The van der Waals surface area contributed by atoms with Gasteiger partial charge in [-0.15, -0.1) is 0 Å². The third kappa shape index (κ3) is 12.7. The predicted octanol–water partition coefficient (Wildman–Crippen LogP) is 5.30. The van der Waals surface area contributed by atoms with Crippen LogP contribution < -0.4 is 0 Å². The normalized spacial score (nSPS) is 18.6. The molecule has 1 aliphatic rings. The second kappa shape index (κ2) is 18.1. The number of carbonyl (C=O) groups excluding carboxylic acids is 2. The third-order valence-corrected chi connectivity index (χ3v) is 7.31. The zero-order valence-electron chi connectivity index (χ0n) is 22.9. The van der Waals surface area contributed by atoms with Crippen molar-refractivity contribution in [3.63, 3.8) is 0 Å². The molecule has 0 bridgehead atoms. The number of hydrogen-bond donors (Lipinski definition) is 3. The fourth-order valence-electron chi connectivity index (χ4n) is 4.51. The number of carbonyl (C=O) groups is 2. The highest BCUT2D eigenvalue weighted by Crippen LogP contribution is 2.38. The second-order valence-electron chi connectivity index (χ2n) is 10.7. The highest BCUT2D eigenvalue weighted by atomic mass is 16.5. The van der Waals surface area contributed by atoms with Crippen molar-refractivity contribution in [2.45, 2.75) is 84.0 Å². The summed E-state index contributed by atoms with van der Waals surface area (Å²) in [4.78, 5) is 21.2. The lowest BCUT2D eigenvalue weighted by Gasteiger charge is -2.29. The first-order valence-electron chi connectivity index (χ1n) is 13.6. The lowest BCUT2D eigenvalue weighted by molar-refractivity contribution is -0.143. The van der Waals surface area contributed by atoms with Crippen molar-refractivity contribution >= 4 is 12.3 Å². The van der Waals surface area contributed by atoms with Crippen molar-refractivity contribution < 1.29 is 29.6 Å². The zero-order valence-corrected chi connectivity index (χ0v) is 22.9. The molecule has 0 aromatic heterocycles. The Labute approximate surface area is 223 Å². The number of aldehydes is 1. The van der Waals surface area contributed by atoms with Crippen molar-refractivity contribution in [1.29, 1.82) is 0 Å². The van der Waals surface area contributed by atoms with E-state index in [4.69, 9.17) is 14.9 Å². The quantitative estimate of drug-likeness (QED) is 0.127. The van der Waals surface area contributed by atoms with Gasteiger partial charge in [-0.25, -0.2) is 4.79 Å². The van der Waals surface area contributed by atoms with Crippen molar-refractivity contribution in [3.05, 3.63) is 59.7 Å². The van der Waals surface area contributed by atoms with Crippen LogP contribution in [0.5, 0.6) is 0 Å². The first kappa shape index (κ1) is 32.7. The Hall–Kier alpha value is -2.28. The van der Waals surface area contributed by atoms with Crippen molar-refractivity contribution in [1.82, 2.24) is 0 Å². The Morgan fingerprint density at radius 2 is 1.70 bits per heavy atom. The molecule has 0 radical (unpaired) electrons. The molecular weight excluding hydrogens is 468 g/mol. The summed E-state index contributed by atoms with van der Waals surface area (Å²) in [5, 5.41) is 26.8. The second-order valence-corrected chi connectivity index (χ2v) is 10.7. The van der Waals surface area contributed by atoms with Crippen LogP contribution >= 0.6 is 0 Å². The van der Waals surface area contributed by atoms with Crippen LogP contribution in [0, 0.1) is 11.3 Å². The summed E-state index contributed by atoms with van der Waals surface area (Å²) >= 11 is 0. The molecule has 2 rings (SSSR count). The van der Waals surface area contributed by atoms with E-state index in [9.17, 15) is 14.7 Å². The summed E-state index contributed by atoms with van der Waals surface area (Å²) in [7, 11) is 0. The molecule has 37 heavy (non-hydrogen) atoms. The smallest absolute Gasteiger partial charge is 0.335 e. The van der Waals surface area contributed by atoms with E-state index in [2.05, 4.69) is 44.3 Å². The van der Waals surface area contributed by atoms with Crippen molar-refractivity contribution in [2.75, 3.05) is 26.4 Å². The van der Waals surface area contributed by atoms with E-state index in [0.717, 1.165) is 12.3 Å². The highest BCUT2D eigenvalue weighted by Gasteiger charge is 2.26. The minimum Gasteiger partial charge on any atom is -0.462 e. The molecule has 208 valence electrons. The molecule has 0 aliphatic heterocycles. The van der Waals surface area contributed by atoms with E-state index in [-0.39, 0.29) is 31.0 Å².